The van der Waals surface area contributed by atoms with Crippen LogP contribution in [-0.4, -0.2) is 38.1 Å². The monoisotopic (exact) mass is 841 g/mol. The van der Waals surface area contributed by atoms with E-state index in [4.69, 9.17) is 9.47 Å². The molecule has 0 N–H and O–H groups in total. The molecule has 7 nitrogen and oxygen atoms in total. The first-order valence-corrected chi connectivity index (χ1v) is 24.5. The molecule has 1 rings (SSSR count). The van der Waals surface area contributed by atoms with E-state index in [0.29, 0.717) is 12.8 Å². The van der Waals surface area contributed by atoms with E-state index in [0.717, 1.165) is 31.7 Å². The van der Waals surface area contributed by atoms with Crippen LogP contribution in [0, 0.1) is 0 Å². The molecule has 0 aromatic heterocycles. The van der Waals surface area contributed by atoms with Crippen molar-refractivity contribution in [2.24, 2.45) is 0 Å². The summed E-state index contributed by atoms with van der Waals surface area (Å²) in [6.45, 7) is 4.60. The van der Waals surface area contributed by atoms with Crippen LogP contribution in [0.3, 0.4) is 0 Å². The van der Waals surface area contributed by atoms with Crippen LogP contribution in [0.25, 0.3) is 0 Å². The van der Waals surface area contributed by atoms with Gasteiger partial charge >= 0.3 is 63.3 Å². The molecule has 0 aliphatic carbocycles. The summed E-state index contributed by atoms with van der Waals surface area (Å²) < 4.78 is 46.6. The van der Waals surface area contributed by atoms with Crippen LogP contribution in [0.15, 0.2) is 47.4 Å². The van der Waals surface area contributed by atoms with Crippen molar-refractivity contribution in [1.29, 1.82) is 0 Å². The normalized spacial score (nSPS) is 11.7. The van der Waals surface area contributed by atoms with E-state index in [1.807, 2.05) is 12.2 Å². The first-order valence-electron chi connectivity index (χ1n) is 23.1. The second-order valence-corrected chi connectivity index (χ2v) is 17.0. The van der Waals surface area contributed by atoms with Crippen LogP contribution in [0.4, 0.5) is 0 Å². The van der Waals surface area contributed by atoms with Crippen molar-refractivity contribution >= 4 is 22.1 Å². The molecule has 0 saturated carbocycles. The van der Waals surface area contributed by atoms with Gasteiger partial charge in [0.25, 0.3) is 0 Å². The molecule has 0 unspecified atom stereocenters. The van der Waals surface area contributed by atoms with Gasteiger partial charge in [0.1, 0.15) is 10.1 Å². The third-order valence-corrected chi connectivity index (χ3v) is 11.4. The zero-order chi connectivity index (χ0) is 40.8. The third kappa shape index (κ3) is 32.6. The molecule has 0 bridgehead atoms. The van der Waals surface area contributed by atoms with Crippen molar-refractivity contribution in [3.8, 4) is 0 Å². The van der Waals surface area contributed by atoms with Crippen molar-refractivity contribution in [2.45, 2.75) is 224 Å². The van der Waals surface area contributed by atoms with Crippen molar-refractivity contribution < 1.29 is 83.4 Å². The van der Waals surface area contributed by atoms with Crippen molar-refractivity contribution in [3.63, 3.8) is 0 Å². The number of esters is 2. The molecule has 0 heterocycles. The fourth-order valence-corrected chi connectivity index (χ4v) is 7.78. The standard InChI is InChI=1S/C48H82O7S.K/c1-3-5-7-9-11-13-15-17-19-21-23-25-27-29-31-33-35-37-42-54-47(49)44-40-39-41-45(56(51,52)53)46(44)48(50)55-43-38-36-34-32-30-28-26-24-22-20-18-16-14-12-10-8-6-4-2;/h33-36,39-41H,3-32,37-38,42-43H2,1-2H3,(H,51,52,53);/q;+1/p-1/b35-33+,36-34+;. The molecule has 0 aliphatic rings. The molecular weight excluding hydrogens is 760 g/mol. The minimum atomic E-state index is -5.04. The van der Waals surface area contributed by atoms with Gasteiger partial charge in [-0.05, 0) is 50.7 Å². The van der Waals surface area contributed by atoms with Crippen LogP contribution in [0.2, 0.25) is 0 Å². The Morgan fingerprint density at radius 3 is 1.16 bits per heavy atom. The average molecular weight is 841 g/mol. The molecule has 0 fully saturated rings. The molecule has 0 radical (unpaired) electrons. The second-order valence-electron chi connectivity index (χ2n) is 15.7. The molecule has 0 atom stereocenters. The zero-order valence-electron chi connectivity index (χ0n) is 36.8. The van der Waals surface area contributed by atoms with E-state index in [-0.39, 0.29) is 70.2 Å². The number of ether oxygens (including phenoxy) is 2. The molecule has 0 aliphatic heterocycles. The van der Waals surface area contributed by atoms with Gasteiger partial charge < -0.3 is 14.0 Å². The van der Waals surface area contributed by atoms with Gasteiger partial charge in [0.05, 0.1) is 29.2 Å². The van der Waals surface area contributed by atoms with Gasteiger partial charge in [-0.2, -0.15) is 0 Å². The van der Waals surface area contributed by atoms with E-state index in [9.17, 15) is 22.6 Å². The van der Waals surface area contributed by atoms with Gasteiger partial charge in [-0.15, -0.1) is 0 Å². The van der Waals surface area contributed by atoms with Crippen molar-refractivity contribution in [2.75, 3.05) is 13.2 Å². The Hall–Kier alpha value is -0.814. The molecule has 0 saturated heterocycles. The Morgan fingerprint density at radius 2 is 0.807 bits per heavy atom. The summed E-state index contributed by atoms with van der Waals surface area (Å²) in [5, 5.41) is 0. The maximum Gasteiger partial charge on any atom is 1.00 e. The van der Waals surface area contributed by atoms with E-state index in [1.54, 1.807) is 0 Å². The SMILES string of the molecule is CCCCCCCCCCCCCCCC/C=C/CCOC(=O)c1cccc(S(=O)(=O)[O-])c1C(=O)OCC/C=C/CCCCCCCCCCCCCCCC.[K+]. The predicted octanol–water partition coefficient (Wildman–Crippen LogP) is 11.5. The summed E-state index contributed by atoms with van der Waals surface area (Å²) in [5.41, 5.74) is -0.848. The molecule has 9 heteroatoms. The van der Waals surface area contributed by atoms with Crippen LogP contribution >= 0.6 is 0 Å². The molecule has 1 aromatic rings. The van der Waals surface area contributed by atoms with Crippen LogP contribution in [0.1, 0.15) is 240 Å². The van der Waals surface area contributed by atoms with Crippen LogP contribution < -0.4 is 51.4 Å². The fraction of sp³-hybridized carbons (Fsp3) is 0.750. The number of hydrogen-bond acceptors (Lipinski definition) is 7. The van der Waals surface area contributed by atoms with Crippen molar-refractivity contribution in [3.05, 3.63) is 53.6 Å². The Balaban J connectivity index is 0.0000314. The minimum Gasteiger partial charge on any atom is -0.744 e. The summed E-state index contributed by atoms with van der Waals surface area (Å²) in [5.74, 6) is -1.89. The van der Waals surface area contributed by atoms with Gasteiger partial charge in [0.2, 0.25) is 0 Å². The average Bonchev–Trinajstić information content (AvgIpc) is 3.18. The van der Waals surface area contributed by atoms with Gasteiger partial charge in [-0.3, -0.25) is 0 Å². The van der Waals surface area contributed by atoms with Gasteiger partial charge in [0, 0.05) is 0 Å². The summed E-state index contributed by atoms with van der Waals surface area (Å²) in [7, 11) is -5.04. The Kier molecular flexibility index (Phi) is 40.0. The summed E-state index contributed by atoms with van der Waals surface area (Å²) in [4.78, 5) is 25.1. The third-order valence-electron chi connectivity index (χ3n) is 10.5. The van der Waals surface area contributed by atoms with E-state index in [1.165, 1.54) is 179 Å². The summed E-state index contributed by atoms with van der Waals surface area (Å²) in [6, 6.07) is 3.57. The maximum atomic E-state index is 13.0. The first-order chi connectivity index (χ1) is 27.3. The topological polar surface area (TPSA) is 110 Å². The molecule has 1 aromatic carbocycles. The molecule has 0 spiro atoms. The smallest absolute Gasteiger partial charge is 0.744 e. The number of rotatable bonds is 39. The van der Waals surface area contributed by atoms with Crippen LogP contribution in [-0.2, 0) is 19.6 Å². The number of hydrogen-bond donors (Lipinski definition) is 0. The molecular formula is C48H81KO7S. The number of benzene rings is 1. The summed E-state index contributed by atoms with van der Waals surface area (Å²) >= 11 is 0. The fourth-order valence-electron chi connectivity index (χ4n) is 7.09. The van der Waals surface area contributed by atoms with Crippen LogP contribution in [0.5, 0.6) is 0 Å². The largest absolute Gasteiger partial charge is 1.00 e. The maximum absolute atomic E-state index is 13.0. The number of allylic oxidation sites excluding steroid dienone is 2. The second kappa shape index (κ2) is 40.6. The Bertz CT molecular complexity index is 1280. The molecule has 0 amide bonds. The van der Waals surface area contributed by atoms with Gasteiger partial charge in [-0.1, -0.05) is 211 Å². The van der Waals surface area contributed by atoms with E-state index < -0.39 is 32.5 Å². The predicted molar refractivity (Wildman–Crippen MR) is 232 cm³/mol. The minimum absolute atomic E-state index is 0. The van der Waals surface area contributed by atoms with E-state index >= 15 is 0 Å². The quantitative estimate of drug-likeness (QED) is 0.0213. The van der Waals surface area contributed by atoms with Gasteiger partial charge in [-0.25, -0.2) is 18.0 Å². The van der Waals surface area contributed by atoms with E-state index in [2.05, 4.69) is 26.0 Å². The number of unbranched alkanes of at least 4 members (excludes halogenated alkanes) is 28. The zero-order valence-corrected chi connectivity index (χ0v) is 40.8. The Morgan fingerprint density at radius 1 is 0.491 bits per heavy atom. The van der Waals surface area contributed by atoms with Gasteiger partial charge in [0.15, 0.2) is 0 Å². The molecule has 57 heavy (non-hydrogen) atoms. The Labute approximate surface area is 392 Å². The number of carbonyl (C=O) groups is 2. The summed E-state index contributed by atoms with van der Waals surface area (Å²) in [6.07, 6.45) is 48.1. The number of carbonyl (C=O) groups excluding carboxylic acids is 2. The van der Waals surface area contributed by atoms with Crippen molar-refractivity contribution in [1.82, 2.24) is 0 Å². The first kappa shape index (κ1) is 56.2. The molecule has 322 valence electrons.